The van der Waals surface area contributed by atoms with Crippen LogP contribution in [0.3, 0.4) is 0 Å². The molecule has 9 nitrogen and oxygen atoms in total. The van der Waals surface area contributed by atoms with Crippen molar-refractivity contribution < 1.29 is 29.0 Å². The summed E-state index contributed by atoms with van der Waals surface area (Å²) in [5.74, 6) is -2.08. The van der Waals surface area contributed by atoms with Crippen molar-refractivity contribution in [3.8, 4) is 5.75 Å². The fraction of sp³-hybridized carbons (Fsp3) is 0.240. The lowest BCUT2D eigenvalue weighted by molar-refractivity contribution is -0.132. The number of aromatic nitrogens is 2. The fourth-order valence-corrected chi connectivity index (χ4v) is 4.81. The summed E-state index contributed by atoms with van der Waals surface area (Å²) in [5, 5.41) is 11.3. The molecule has 35 heavy (non-hydrogen) atoms. The first kappa shape index (κ1) is 24.1. The third kappa shape index (κ3) is 4.52. The van der Waals surface area contributed by atoms with Crippen molar-refractivity contribution in [2.24, 2.45) is 0 Å². The van der Waals surface area contributed by atoms with E-state index in [1.807, 2.05) is 6.92 Å². The maximum Gasteiger partial charge on any atom is 0.350 e. The van der Waals surface area contributed by atoms with Gasteiger partial charge >= 0.3 is 11.9 Å². The maximum absolute atomic E-state index is 13.3. The molecule has 0 saturated carbocycles. The number of Topliss-reactive ketones (excluding diaryl/α,β-unsaturated/α-hetero) is 1. The summed E-state index contributed by atoms with van der Waals surface area (Å²) >= 11 is 0.955. The highest BCUT2D eigenvalue weighted by Crippen LogP contribution is 2.44. The number of carbonyl (C=O) groups is 3. The molecular weight excluding hydrogens is 470 g/mol. The molecule has 0 bridgehead atoms. The zero-order valence-electron chi connectivity index (χ0n) is 19.3. The predicted octanol–water partition coefficient (Wildman–Crippen LogP) is 4.05. The van der Waals surface area contributed by atoms with Crippen molar-refractivity contribution in [2.45, 2.75) is 26.8 Å². The van der Waals surface area contributed by atoms with Gasteiger partial charge in [-0.25, -0.2) is 9.78 Å². The molecule has 1 N–H and O–H groups in total. The van der Waals surface area contributed by atoms with Gasteiger partial charge in [0.05, 0.1) is 30.5 Å². The van der Waals surface area contributed by atoms with Crippen LogP contribution in [0, 0.1) is 6.92 Å². The molecule has 2 aromatic heterocycles. The maximum atomic E-state index is 13.3. The van der Waals surface area contributed by atoms with Crippen molar-refractivity contribution in [1.82, 2.24) is 9.97 Å². The number of aliphatic hydroxyl groups excluding tert-OH is 1. The summed E-state index contributed by atoms with van der Waals surface area (Å²) in [6.45, 7) is 5.78. The summed E-state index contributed by atoms with van der Waals surface area (Å²) in [6, 6.07) is 9.03. The Kier molecular flexibility index (Phi) is 6.92. The van der Waals surface area contributed by atoms with Gasteiger partial charge in [-0.2, -0.15) is 0 Å². The Morgan fingerprint density at radius 2 is 1.89 bits per heavy atom. The number of esters is 1. The van der Waals surface area contributed by atoms with Crippen molar-refractivity contribution in [3.63, 3.8) is 0 Å². The first-order chi connectivity index (χ1) is 16.9. The number of aryl methyl sites for hydroxylation is 1. The molecule has 1 saturated heterocycles. The third-order valence-corrected chi connectivity index (χ3v) is 6.47. The predicted molar refractivity (Wildman–Crippen MR) is 129 cm³/mol. The molecule has 10 heteroatoms. The summed E-state index contributed by atoms with van der Waals surface area (Å²) in [5.41, 5.74) is 1.16. The highest BCUT2D eigenvalue weighted by molar-refractivity contribution is 7.17. The molecule has 3 heterocycles. The number of aliphatic hydroxyl groups is 1. The Hall–Kier alpha value is -4.05. The van der Waals surface area contributed by atoms with Crippen molar-refractivity contribution in [2.75, 3.05) is 18.1 Å². The van der Waals surface area contributed by atoms with Crippen LogP contribution >= 0.6 is 11.3 Å². The zero-order valence-corrected chi connectivity index (χ0v) is 20.2. The SMILES string of the molecule is CCOC(=O)c1sc(N2C(=O)C(=O)C(=C(O)c3ccncc3)C2c2cccc(OCC)c2)nc1C. The Morgan fingerprint density at radius 1 is 1.14 bits per heavy atom. The average molecular weight is 494 g/mol. The number of hydrogen-bond acceptors (Lipinski definition) is 9. The Balaban J connectivity index is 1.91. The Morgan fingerprint density at radius 3 is 2.57 bits per heavy atom. The summed E-state index contributed by atoms with van der Waals surface area (Å²) in [7, 11) is 0. The van der Waals surface area contributed by atoms with E-state index in [1.54, 1.807) is 50.2 Å². The average Bonchev–Trinajstić information content (AvgIpc) is 3.36. The zero-order chi connectivity index (χ0) is 25.1. The molecule has 0 aliphatic carbocycles. The van der Waals surface area contributed by atoms with Gasteiger partial charge in [0, 0.05) is 18.0 Å². The topological polar surface area (TPSA) is 119 Å². The van der Waals surface area contributed by atoms with Crippen LogP contribution in [0.1, 0.15) is 46.4 Å². The molecule has 3 aromatic rings. The fourth-order valence-electron chi connectivity index (χ4n) is 3.82. The number of benzene rings is 1. The van der Waals surface area contributed by atoms with E-state index in [-0.39, 0.29) is 27.9 Å². The number of ether oxygens (including phenoxy) is 2. The normalized spacial score (nSPS) is 17.0. The van der Waals surface area contributed by atoms with Crippen LogP contribution in [0.25, 0.3) is 5.76 Å². The molecule has 1 atom stereocenters. The molecule has 0 spiro atoms. The number of nitrogens with zero attached hydrogens (tertiary/aromatic N) is 3. The minimum atomic E-state index is -0.996. The summed E-state index contributed by atoms with van der Waals surface area (Å²) < 4.78 is 10.7. The molecule has 1 unspecified atom stereocenters. The van der Waals surface area contributed by atoms with E-state index in [4.69, 9.17) is 9.47 Å². The van der Waals surface area contributed by atoms with Gasteiger partial charge in [-0.1, -0.05) is 23.5 Å². The van der Waals surface area contributed by atoms with Crippen LogP contribution in [0.5, 0.6) is 5.75 Å². The van der Waals surface area contributed by atoms with Crippen molar-refractivity contribution in [3.05, 3.63) is 76.1 Å². The number of pyridine rings is 1. The van der Waals surface area contributed by atoms with Gasteiger partial charge in [0.2, 0.25) is 0 Å². The minimum absolute atomic E-state index is 0.0969. The molecule has 180 valence electrons. The lowest BCUT2D eigenvalue weighted by Gasteiger charge is -2.23. The van der Waals surface area contributed by atoms with E-state index in [2.05, 4.69) is 9.97 Å². The number of carbonyl (C=O) groups excluding carboxylic acids is 3. The Labute approximate surface area is 205 Å². The van der Waals surface area contributed by atoms with Gasteiger partial charge in [-0.3, -0.25) is 19.5 Å². The van der Waals surface area contributed by atoms with Gasteiger partial charge < -0.3 is 14.6 Å². The van der Waals surface area contributed by atoms with Crippen LogP contribution in [0.2, 0.25) is 0 Å². The number of thiazole rings is 1. The second kappa shape index (κ2) is 10.1. The molecular formula is C25H23N3O6S. The van der Waals surface area contributed by atoms with E-state index < -0.39 is 23.7 Å². The van der Waals surface area contributed by atoms with E-state index in [0.717, 1.165) is 11.3 Å². The quantitative estimate of drug-likeness (QED) is 0.227. The number of rotatable bonds is 7. The lowest BCUT2D eigenvalue weighted by atomic mass is 9.95. The monoisotopic (exact) mass is 493 g/mol. The largest absolute Gasteiger partial charge is 0.507 e. The number of amides is 1. The molecule has 1 fully saturated rings. The van der Waals surface area contributed by atoms with Crippen LogP contribution in [-0.4, -0.2) is 45.9 Å². The molecule has 0 radical (unpaired) electrons. The first-order valence-corrected chi connectivity index (χ1v) is 11.8. The van der Waals surface area contributed by atoms with E-state index in [1.165, 1.54) is 17.3 Å². The van der Waals surface area contributed by atoms with Crippen LogP contribution in [0.15, 0.2) is 54.4 Å². The molecule has 1 aliphatic rings. The lowest BCUT2D eigenvalue weighted by Crippen LogP contribution is -2.29. The molecule has 1 aliphatic heterocycles. The van der Waals surface area contributed by atoms with Gasteiger partial charge in [-0.15, -0.1) is 0 Å². The molecule has 1 aromatic carbocycles. The van der Waals surface area contributed by atoms with Gasteiger partial charge in [0.15, 0.2) is 5.13 Å². The summed E-state index contributed by atoms with van der Waals surface area (Å²) in [4.78, 5) is 48.7. The Bertz CT molecular complexity index is 1320. The van der Waals surface area contributed by atoms with Crippen LogP contribution in [0.4, 0.5) is 5.13 Å². The van der Waals surface area contributed by atoms with Gasteiger partial charge in [0.1, 0.15) is 16.4 Å². The van der Waals surface area contributed by atoms with Crippen LogP contribution < -0.4 is 9.64 Å². The second-order valence-corrected chi connectivity index (χ2v) is 8.52. The highest BCUT2D eigenvalue weighted by atomic mass is 32.1. The second-order valence-electron chi connectivity index (χ2n) is 7.54. The summed E-state index contributed by atoms with van der Waals surface area (Å²) in [6.07, 6.45) is 2.96. The number of anilines is 1. The molecule has 1 amide bonds. The van der Waals surface area contributed by atoms with Crippen molar-refractivity contribution >= 4 is 39.9 Å². The van der Waals surface area contributed by atoms with Gasteiger partial charge in [0.25, 0.3) is 5.78 Å². The van der Waals surface area contributed by atoms with Crippen molar-refractivity contribution in [1.29, 1.82) is 0 Å². The smallest absolute Gasteiger partial charge is 0.350 e. The standard InChI is InChI=1S/C25H23N3O6S/c1-4-33-17-8-6-7-16(13-17)19-18(20(29)15-9-11-26-12-10-15)21(30)23(31)28(19)25-27-14(3)22(35-25)24(32)34-5-2/h6-13,19,29H,4-5H2,1-3H3. The third-order valence-electron chi connectivity index (χ3n) is 5.34. The van der Waals surface area contributed by atoms with Crippen LogP contribution in [-0.2, 0) is 14.3 Å². The van der Waals surface area contributed by atoms with E-state index >= 15 is 0 Å². The minimum Gasteiger partial charge on any atom is -0.507 e. The molecule has 4 rings (SSSR count). The first-order valence-electron chi connectivity index (χ1n) is 11.0. The number of hydrogen-bond donors (Lipinski definition) is 1. The van der Waals surface area contributed by atoms with E-state index in [9.17, 15) is 19.5 Å². The highest BCUT2D eigenvalue weighted by Gasteiger charge is 2.48. The van der Waals surface area contributed by atoms with Gasteiger partial charge in [-0.05, 0) is 50.6 Å². The number of ketones is 1. The van der Waals surface area contributed by atoms with E-state index in [0.29, 0.717) is 29.2 Å².